The van der Waals surface area contributed by atoms with Gasteiger partial charge in [0, 0.05) is 30.9 Å². The lowest BCUT2D eigenvalue weighted by molar-refractivity contribution is 0.0875. The maximum Gasteiger partial charge on any atom is 0.258 e. The largest absolute Gasteiger partial charge is 0.325 e. The minimum Gasteiger partial charge on any atom is -0.325 e. The number of carbonyl (C=O) groups is 1. The number of fused-ring (bicyclic) bond motifs is 1. The molecule has 0 saturated heterocycles. The topological polar surface area (TPSA) is 36.4 Å². The van der Waals surface area contributed by atoms with Gasteiger partial charge in [0.1, 0.15) is 5.82 Å². The third-order valence-electron chi connectivity index (χ3n) is 6.02. The van der Waals surface area contributed by atoms with E-state index in [1.54, 1.807) is 4.90 Å². The number of amides is 1. The first-order chi connectivity index (χ1) is 12.7. The highest BCUT2D eigenvalue weighted by atomic mass is 16.2. The fraction of sp³-hybridized carbons (Fsp3) is 0.364. The van der Waals surface area contributed by atoms with Crippen LogP contribution in [0.5, 0.6) is 0 Å². The van der Waals surface area contributed by atoms with E-state index in [2.05, 4.69) is 23.1 Å². The monoisotopic (exact) mass is 345 g/mol. The summed E-state index contributed by atoms with van der Waals surface area (Å²) in [6.07, 6.45) is 10.6. The molecular formula is C22H23N3O. The van der Waals surface area contributed by atoms with E-state index in [0.29, 0.717) is 5.92 Å². The third kappa shape index (κ3) is 2.28. The summed E-state index contributed by atoms with van der Waals surface area (Å²) in [5.74, 6) is 1.78. The molecular weight excluding hydrogens is 322 g/mol. The van der Waals surface area contributed by atoms with E-state index in [-0.39, 0.29) is 5.91 Å². The van der Waals surface area contributed by atoms with Crippen molar-refractivity contribution < 1.29 is 4.79 Å². The molecule has 4 nitrogen and oxygen atoms in total. The zero-order valence-corrected chi connectivity index (χ0v) is 15.1. The van der Waals surface area contributed by atoms with Crippen LogP contribution in [0.15, 0.2) is 36.5 Å². The Labute approximate surface area is 154 Å². The molecule has 132 valence electrons. The molecule has 1 aromatic carbocycles. The average molecular weight is 345 g/mol. The fourth-order valence-corrected chi connectivity index (χ4v) is 4.66. The Morgan fingerprint density at radius 2 is 1.96 bits per heavy atom. The second-order valence-electron chi connectivity index (χ2n) is 7.62. The van der Waals surface area contributed by atoms with Crippen molar-refractivity contribution in [1.29, 1.82) is 0 Å². The van der Waals surface area contributed by atoms with Gasteiger partial charge in [-0.05, 0) is 49.1 Å². The van der Waals surface area contributed by atoms with Crippen LogP contribution in [-0.4, -0.2) is 29.4 Å². The van der Waals surface area contributed by atoms with Crippen LogP contribution in [0.4, 0.5) is 11.5 Å². The Morgan fingerprint density at radius 3 is 2.81 bits per heavy atom. The molecule has 2 aromatic rings. The number of pyridine rings is 1. The molecule has 4 heteroatoms. The van der Waals surface area contributed by atoms with Crippen LogP contribution < -0.4 is 4.90 Å². The van der Waals surface area contributed by atoms with Gasteiger partial charge in [-0.15, -0.1) is 0 Å². The van der Waals surface area contributed by atoms with Gasteiger partial charge in [0.05, 0.1) is 16.9 Å². The summed E-state index contributed by atoms with van der Waals surface area (Å²) in [5, 5.41) is 0. The van der Waals surface area contributed by atoms with E-state index in [0.717, 1.165) is 40.4 Å². The normalized spacial score (nSPS) is 19.1. The van der Waals surface area contributed by atoms with Gasteiger partial charge >= 0.3 is 0 Å². The molecule has 26 heavy (non-hydrogen) atoms. The van der Waals surface area contributed by atoms with E-state index in [1.165, 1.54) is 32.1 Å². The molecule has 0 spiro atoms. The molecule has 1 amide bonds. The number of hydrogen-bond acceptors (Lipinski definition) is 3. The minimum absolute atomic E-state index is 0.0815. The predicted molar refractivity (Wildman–Crippen MR) is 104 cm³/mol. The lowest BCUT2D eigenvalue weighted by Gasteiger charge is -2.31. The highest BCUT2D eigenvalue weighted by Gasteiger charge is 2.36. The molecule has 1 saturated carbocycles. The van der Waals surface area contributed by atoms with Crippen molar-refractivity contribution in [2.45, 2.75) is 32.1 Å². The first kappa shape index (κ1) is 15.6. The zero-order valence-electron chi connectivity index (χ0n) is 15.1. The van der Waals surface area contributed by atoms with Gasteiger partial charge in [-0.3, -0.25) is 4.79 Å². The molecule has 0 radical (unpaired) electrons. The number of benzene rings is 1. The van der Waals surface area contributed by atoms with Crippen molar-refractivity contribution in [3.8, 4) is 0 Å². The number of aromatic nitrogens is 1. The van der Waals surface area contributed by atoms with Crippen LogP contribution in [0.2, 0.25) is 0 Å². The van der Waals surface area contributed by atoms with E-state index in [4.69, 9.17) is 4.98 Å². The summed E-state index contributed by atoms with van der Waals surface area (Å²) in [4.78, 5) is 21.6. The van der Waals surface area contributed by atoms with Crippen LogP contribution in [0.3, 0.4) is 0 Å². The molecule has 0 N–H and O–H groups in total. The molecule has 3 heterocycles. The number of hydrogen-bond donors (Lipinski definition) is 0. The van der Waals surface area contributed by atoms with Crippen molar-refractivity contribution in [3.05, 3.63) is 53.2 Å². The minimum atomic E-state index is 0.0815. The Kier molecular flexibility index (Phi) is 3.59. The SMILES string of the molecule is CN1C(=O)c2cccc3c2C1=Cc1cccnc1N3CC1CCCCC1. The van der Waals surface area contributed by atoms with Gasteiger partial charge in [-0.2, -0.15) is 0 Å². The maximum absolute atomic E-state index is 12.7. The molecule has 0 atom stereocenters. The van der Waals surface area contributed by atoms with Crippen molar-refractivity contribution in [2.24, 2.45) is 5.92 Å². The van der Waals surface area contributed by atoms with Crippen LogP contribution >= 0.6 is 0 Å². The molecule has 1 aromatic heterocycles. The first-order valence-electron chi connectivity index (χ1n) is 9.60. The van der Waals surface area contributed by atoms with E-state index in [9.17, 15) is 4.79 Å². The third-order valence-corrected chi connectivity index (χ3v) is 6.02. The van der Waals surface area contributed by atoms with Crippen LogP contribution in [-0.2, 0) is 0 Å². The molecule has 1 fully saturated rings. The van der Waals surface area contributed by atoms with Crippen LogP contribution in [0.1, 0.15) is 53.6 Å². The Bertz CT molecular complexity index is 911. The molecule has 2 aliphatic heterocycles. The quantitative estimate of drug-likeness (QED) is 0.792. The maximum atomic E-state index is 12.7. The summed E-state index contributed by atoms with van der Waals surface area (Å²) < 4.78 is 0. The van der Waals surface area contributed by atoms with Crippen molar-refractivity contribution in [2.75, 3.05) is 18.5 Å². The summed E-state index contributed by atoms with van der Waals surface area (Å²) in [6.45, 7) is 0.972. The lowest BCUT2D eigenvalue weighted by atomic mass is 9.88. The Hall–Kier alpha value is -2.62. The molecule has 0 unspecified atom stereocenters. The first-order valence-corrected chi connectivity index (χ1v) is 9.60. The van der Waals surface area contributed by atoms with Crippen LogP contribution in [0, 0.1) is 5.92 Å². The summed E-state index contributed by atoms with van der Waals surface area (Å²) in [6, 6.07) is 10.2. The highest BCUT2D eigenvalue weighted by molar-refractivity contribution is 6.15. The summed E-state index contributed by atoms with van der Waals surface area (Å²) in [7, 11) is 1.87. The molecule has 3 aliphatic rings. The Morgan fingerprint density at radius 1 is 1.12 bits per heavy atom. The molecule has 1 aliphatic carbocycles. The van der Waals surface area contributed by atoms with Crippen molar-refractivity contribution in [1.82, 2.24) is 9.88 Å². The van der Waals surface area contributed by atoms with E-state index >= 15 is 0 Å². The second kappa shape index (κ2) is 5.97. The number of nitrogens with zero attached hydrogens (tertiary/aromatic N) is 3. The second-order valence-corrected chi connectivity index (χ2v) is 7.62. The average Bonchev–Trinajstić information content (AvgIpc) is 2.85. The lowest BCUT2D eigenvalue weighted by Crippen LogP contribution is -2.28. The van der Waals surface area contributed by atoms with Gasteiger partial charge in [-0.25, -0.2) is 4.98 Å². The molecule has 5 rings (SSSR count). The van der Waals surface area contributed by atoms with Crippen molar-refractivity contribution in [3.63, 3.8) is 0 Å². The highest BCUT2D eigenvalue weighted by Crippen LogP contribution is 2.45. The van der Waals surface area contributed by atoms with Gasteiger partial charge < -0.3 is 9.80 Å². The van der Waals surface area contributed by atoms with E-state index in [1.807, 2.05) is 31.4 Å². The molecule has 0 bridgehead atoms. The number of anilines is 2. The Balaban J connectivity index is 1.69. The van der Waals surface area contributed by atoms with Gasteiger partial charge in [0.25, 0.3) is 5.91 Å². The fourth-order valence-electron chi connectivity index (χ4n) is 4.66. The predicted octanol–water partition coefficient (Wildman–Crippen LogP) is 4.70. The van der Waals surface area contributed by atoms with Crippen molar-refractivity contribution >= 4 is 29.2 Å². The van der Waals surface area contributed by atoms with Crippen LogP contribution in [0.25, 0.3) is 11.8 Å². The zero-order chi connectivity index (χ0) is 17.7. The van der Waals surface area contributed by atoms with E-state index < -0.39 is 0 Å². The number of carbonyl (C=O) groups excluding carboxylic acids is 1. The summed E-state index contributed by atoms with van der Waals surface area (Å²) >= 11 is 0. The van der Waals surface area contributed by atoms with Gasteiger partial charge in [-0.1, -0.05) is 25.3 Å². The number of rotatable bonds is 2. The summed E-state index contributed by atoms with van der Waals surface area (Å²) in [5.41, 5.74) is 5.06. The standard InChI is InChI=1S/C22H23N3O/c1-24-19-13-16-9-6-12-23-21(16)25(14-15-7-3-2-4-8-15)18-11-5-10-17(20(18)19)22(24)26/h5-6,9-13,15H,2-4,7-8,14H2,1H3. The van der Waals surface area contributed by atoms with Gasteiger partial charge in [0.15, 0.2) is 0 Å². The smallest absolute Gasteiger partial charge is 0.258 e. The van der Waals surface area contributed by atoms with Gasteiger partial charge in [0.2, 0.25) is 0 Å².